The first-order chi connectivity index (χ1) is 9.31. The molecule has 2 N–H and O–H groups in total. The molecule has 0 radical (unpaired) electrons. The second-order valence-electron chi connectivity index (χ2n) is 4.89. The summed E-state index contributed by atoms with van der Waals surface area (Å²) in [7, 11) is 0. The van der Waals surface area contributed by atoms with Gasteiger partial charge in [-0.05, 0) is 30.5 Å². The Hall–Kier alpha value is -1.06. The van der Waals surface area contributed by atoms with Gasteiger partial charge in [-0.2, -0.15) is 0 Å². The predicted octanol–water partition coefficient (Wildman–Crippen LogP) is 3.41. The van der Waals surface area contributed by atoms with E-state index in [0.29, 0.717) is 5.75 Å². The van der Waals surface area contributed by atoms with Crippen molar-refractivity contribution >= 4 is 0 Å². The molecule has 1 aromatic rings. The van der Waals surface area contributed by atoms with Crippen LogP contribution in [0.25, 0.3) is 0 Å². The SMILES string of the molecule is CCCCCCCCc1ccc(OCO)c(CO)c1. The highest BCUT2D eigenvalue weighted by Crippen LogP contribution is 2.21. The minimum atomic E-state index is -0.357. The van der Waals surface area contributed by atoms with Crippen LogP contribution in [0.2, 0.25) is 0 Å². The van der Waals surface area contributed by atoms with Crippen molar-refractivity contribution in [2.75, 3.05) is 6.79 Å². The third kappa shape index (κ3) is 6.08. The Kier molecular flexibility index (Phi) is 8.26. The lowest BCUT2D eigenvalue weighted by Crippen LogP contribution is -2.00. The fourth-order valence-electron chi connectivity index (χ4n) is 2.23. The van der Waals surface area contributed by atoms with E-state index in [1.165, 1.54) is 44.1 Å². The minimum absolute atomic E-state index is 0.0559. The van der Waals surface area contributed by atoms with Gasteiger partial charge in [-0.3, -0.25) is 0 Å². The van der Waals surface area contributed by atoms with Crippen molar-refractivity contribution in [3.05, 3.63) is 29.3 Å². The van der Waals surface area contributed by atoms with Crippen LogP contribution in [0.5, 0.6) is 5.75 Å². The van der Waals surface area contributed by atoms with E-state index >= 15 is 0 Å². The topological polar surface area (TPSA) is 49.7 Å². The van der Waals surface area contributed by atoms with Gasteiger partial charge in [0.25, 0.3) is 0 Å². The summed E-state index contributed by atoms with van der Waals surface area (Å²) >= 11 is 0. The maximum atomic E-state index is 9.28. The normalized spacial score (nSPS) is 10.7. The van der Waals surface area contributed by atoms with Gasteiger partial charge in [-0.25, -0.2) is 0 Å². The quantitative estimate of drug-likeness (QED) is 0.504. The number of hydrogen-bond donors (Lipinski definition) is 2. The number of benzene rings is 1. The van der Waals surface area contributed by atoms with Crippen LogP contribution < -0.4 is 4.74 Å². The number of aliphatic hydroxyl groups excluding tert-OH is 2. The van der Waals surface area contributed by atoms with Gasteiger partial charge in [-0.15, -0.1) is 0 Å². The summed E-state index contributed by atoms with van der Waals surface area (Å²) in [6.45, 7) is 1.82. The zero-order valence-corrected chi connectivity index (χ0v) is 11.9. The molecular formula is C16H26O3. The third-order valence-corrected chi connectivity index (χ3v) is 3.33. The highest BCUT2D eigenvalue weighted by molar-refractivity contribution is 5.36. The molecule has 1 aromatic carbocycles. The average molecular weight is 266 g/mol. The van der Waals surface area contributed by atoms with Gasteiger partial charge in [-0.1, -0.05) is 45.1 Å². The van der Waals surface area contributed by atoms with Gasteiger partial charge >= 0.3 is 0 Å². The van der Waals surface area contributed by atoms with Crippen molar-refractivity contribution in [1.29, 1.82) is 0 Å². The molecule has 0 amide bonds. The fraction of sp³-hybridized carbons (Fsp3) is 0.625. The summed E-state index contributed by atoms with van der Waals surface area (Å²) < 4.78 is 5.05. The standard InChI is InChI=1S/C16H26O3/c1-2-3-4-5-6-7-8-14-9-10-16(19-13-18)15(11-14)12-17/h9-11,17-18H,2-8,12-13H2,1H3. The molecule has 0 aromatic heterocycles. The zero-order valence-electron chi connectivity index (χ0n) is 11.9. The van der Waals surface area contributed by atoms with Crippen molar-refractivity contribution in [3.8, 4) is 5.75 Å². The molecular weight excluding hydrogens is 240 g/mol. The monoisotopic (exact) mass is 266 g/mol. The Morgan fingerprint density at radius 1 is 1.00 bits per heavy atom. The maximum Gasteiger partial charge on any atom is 0.186 e. The number of rotatable bonds is 10. The highest BCUT2D eigenvalue weighted by atomic mass is 16.6. The number of hydrogen-bond acceptors (Lipinski definition) is 3. The summed E-state index contributed by atoms with van der Waals surface area (Å²) in [5, 5.41) is 18.0. The molecule has 19 heavy (non-hydrogen) atoms. The molecule has 0 heterocycles. The lowest BCUT2D eigenvalue weighted by Gasteiger charge is -2.10. The summed E-state index contributed by atoms with van der Waals surface area (Å²) in [4.78, 5) is 0. The van der Waals surface area contributed by atoms with E-state index in [-0.39, 0.29) is 13.4 Å². The van der Waals surface area contributed by atoms with Crippen molar-refractivity contribution in [3.63, 3.8) is 0 Å². The van der Waals surface area contributed by atoms with Crippen LogP contribution in [0.15, 0.2) is 18.2 Å². The first-order valence-electron chi connectivity index (χ1n) is 7.28. The van der Waals surface area contributed by atoms with E-state index in [2.05, 4.69) is 6.92 Å². The molecule has 0 bridgehead atoms. The first kappa shape index (κ1) is 16.0. The highest BCUT2D eigenvalue weighted by Gasteiger charge is 2.04. The Balaban J connectivity index is 2.37. The molecule has 0 spiro atoms. The van der Waals surface area contributed by atoms with E-state index in [1.54, 1.807) is 0 Å². The van der Waals surface area contributed by atoms with Gasteiger partial charge in [0.2, 0.25) is 0 Å². The maximum absolute atomic E-state index is 9.28. The Morgan fingerprint density at radius 3 is 2.42 bits per heavy atom. The predicted molar refractivity (Wildman–Crippen MR) is 77.2 cm³/mol. The van der Waals surface area contributed by atoms with Gasteiger partial charge in [0.05, 0.1) is 6.61 Å². The average Bonchev–Trinajstić information content (AvgIpc) is 2.44. The second-order valence-corrected chi connectivity index (χ2v) is 4.89. The molecule has 0 saturated carbocycles. The number of unbranched alkanes of at least 4 members (excludes halogenated alkanes) is 5. The van der Waals surface area contributed by atoms with Crippen molar-refractivity contribution in [2.45, 2.75) is 58.5 Å². The van der Waals surface area contributed by atoms with Crippen molar-refractivity contribution in [2.24, 2.45) is 0 Å². The molecule has 0 aliphatic heterocycles. The van der Waals surface area contributed by atoms with Crippen molar-refractivity contribution < 1.29 is 14.9 Å². The molecule has 3 heteroatoms. The van der Waals surface area contributed by atoms with Crippen LogP contribution >= 0.6 is 0 Å². The summed E-state index contributed by atoms with van der Waals surface area (Å²) in [5.41, 5.74) is 1.97. The Labute approximate surface area is 116 Å². The molecule has 0 unspecified atom stereocenters. The minimum Gasteiger partial charge on any atom is -0.467 e. The number of aryl methyl sites for hydroxylation is 1. The molecule has 0 atom stereocenters. The fourth-order valence-corrected chi connectivity index (χ4v) is 2.23. The van der Waals surface area contributed by atoms with Crippen LogP contribution in [0.4, 0.5) is 0 Å². The van der Waals surface area contributed by atoms with E-state index in [9.17, 15) is 5.11 Å². The Morgan fingerprint density at radius 2 is 1.74 bits per heavy atom. The Bertz CT molecular complexity index is 350. The lowest BCUT2D eigenvalue weighted by molar-refractivity contribution is 0.0959. The smallest absolute Gasteiger partial charge is 0.186 e. The molecule has 0 fully saturated rings. The van der Waals surface area contributed by atoms with Gasteiger partial charge in [0.15, 0.2) is 6.79 Å². The van der Waals surface area contributed by atoms with Crippen molar-refractivity contribution in [1.82, 2.24) is 0 Å². The van der Waals surface area contributed by atoms with E-state index in [4.69, 9.17) is 9.84 Å². The molecule has 3 nitrogen and oxygen atoms in total. The van der Waals surface area contributed by atoms with E-state index in [0.717, 1.165) is 12.0 Å². The van der Waals surface area contributed by atoms with Crippen LogP contribution in [-0.2, 0) is 13.0 Å². The molecule has 0 saturated heterocycles. The molecule has 108 valence electrons. The number of aliphatic hydroxyl groups is 2. The summed E-state index contributed by atoms with van der Waals surface area (Å²) in [6.07, 6.45) is 8.76. The third-order valence-electron chi connectivity index (χ3n) is 3.33. The van der Waals surface area contributed by atoms with Crippen LogP contribution in [0.3, 0.4) is 0 Å². The summed E-state index contributed by atoms with van der Waals surface area (Å²) in [5.74, 6) is 0.566. The summed E-state index contributed by atoms with van der Waals surface area (Å²) in [6, 6.07) is 5.81. The van der Waals surface area contributed by atoms with E-state index < -0.39 is 0 Å². The first-order valence-corrected chi connectivity index (χ1v) is 7.28. The molecule has 1 rings (SSSR count). The molecule has 0 aliphatic rings. The largest absolute Gasteiger partial charge is 0.467 e. The second kappa shape index (κ2) is 9.82. The van der Waals surface area contributed by atoms with Gasteiger partial charge in [0, 0.05) is 5.56 Å². The van der Waals surface area contributed by atoms with Gasteiger partial charge in [0.1, 0.15) is 5.75 Å². The van der Waals surface area contributed by atoms with E-state index in [1.807, 2.05) is 18.2 Å². The zero-order chi connectivity index (χ0) is 13.9. The lowest BCUT2D eigenvalue weighted by atomic mass is 10.0. The van der Waals surface area contributed by atoms with Gasteiger partial charge < -0.3 is 14.9 Å². The van der Waals surface area contributed by atoms with Crippen LogP contribution in [-0.4, -0.2) is 17.0 Å². The number of ether oxygens (including phenoxy) is 1. The molecule has 0 aliphatic carbocycles. The van der Waals surface area contributed by atoms with Crippen LogP contribution in [0.1, 0.15) is 56.6 Å². The van der Waals surface area contributed by atoms with Crippen LogP contribution in [0, 0.1) is 0 Å².